The first-order valence-electron chi connectivity index (χ1n) is 6.10. The number of aliphatic hydroxyl groups is 1. The van der Waals surface area contributed by atoms with Crippen molar-refractivity contribution in [2.45, 2.75) is 12.5 Å². The molecular weight excluding hydrogens is 313 g/mol. The van der Waals surface area contributed by atoms with Crippen LogP contribution >= 0.6 is 34.5 Å². The van der Waals surface area contributed by atoms with Gasteiger partial charge in [-0.25, -0.2) is 0 Å². The summed E-state index contributed by atoms with van der Waals surface area (Å²) < 4.78 is 1.13. The third kappa shape index (κ3) is 2.67. The third-order valence-corrected chi connectivity index (χ3v) is 4.71. The maximum atomic E-state index is 10.4. The van der Waals surface area contributed by atoms with Gasteiger partial charge < -0.3 is 5.11 Å². The second-order valence-electron chi connectivity index (χ2n) is 4.49. The lowest BCUT2D eigenvalue weighted by molar-refractivity contribution is 0.179. The lowest BCUT2D eigenvalue weighted by Gasteiger charge is -2.11. The van der Waals surface area contributed by atoms with Crippen molar-refractivity contribution in [2.75, 3.05) is 0 Å². The maximum absolute atomic E-state index is 10.4. The van der Waals surface area contributed by atoms with Crippen LogP contribution in [0.5, 0.6) is 0 Å². The van der Waals surface area contributed by atoms with Crippen LogP contribution in [0.4, 0.5) is 0 Å². The fraction of sp³-hybridized carbons (Fsp3) is 0.133. The molecule has 0 aliphatic heterocycles. The van der Waals surface area contributed by atoms with Crippen molar-refractivity contribution in [3.8, 4) is 0 Å². The van der Waals surface area contributed by atoms with Gasteiger partial charge in [0.1, 0.15) is 4.34 Å². The molecule has 0 bridgehead atoms. The summed E-state index contributed by atoms with van der Waals surface area (Å²) in [6.07, 6.45) is 1.57. The van der Waals surface area contributed by atoms with Gasteiger partial charge in [-0.2, -0.15) is 0 Å². The Bertz CT molecular complexity index is 751. The summed E-state index contributed by atoms with van der Waals surface area (Å²) >= 11 is 13.3. The highest BCUT2D eigenvalue weighted by Crippen LogP contribution is 2.36. The quantitative estimate of drug-likeness (QED) is 0.745. The normalized spacial score (nSPS) is 12.8. The SMILES string of the molecule is OC(Cc1ccnc2ccccc12)c1cc(Cl)sc1Cl. The van der Waals surface area contributed by atoms with E-state index in [4.69, 9.17) is 23.2 Å². The monoisotopic (exact) mass is 323 g/mol. The molecule has 3 rings (SSSR count). The lowest BCUT2D eigenvalue weighted by atomic mass is 10.0. The number of hydrogen-bond acceptors (Lipinski definition) is 3. The van der Waals surface area contributed by atoms with Crippen LogP contribution in [-0.4, -0.2) is 10.1 Å². The zero-order valence-electron chi connectivity index (χ0n) is 10.4. The molecule has 2 heterocycles. The smallest absolute Gasteiger partial charge is 0.100 e. The van der Waals surface area contributed by atoms with Crippen molar-refractivity contribution in [1.29, 1.82) is 0 Å². The molecule has 1 atom stereocenters. The molecule has 1 unspecified atom stereocenters. The Morgan fingerprint density at radius 3 is 2.75 bits per heavy atom. The van der Waals surface area contributed by atoms with Crippen LogP contribution in [0.3, 0.4) is 0 Å². The summed E-state index contributed by atoms with van der Waals surface area (Å²) in [5, 5.41) is 11.4. The van der Waals surface area contributed by atoms with Crippen molar-refractivity contribution in [3.63, 3.8) is 0 Å². The number of thiophene rings is 1. The zero-order chi connectivity index (χ0) is 14.1. The van der Waals surface area contributed by atoms with E-state index in [1.165, 1.54) is 11.3 Å². The van der Waals surface area contributed by atoms with Crippen molar-refractivity contribution < 1.29 is 5.11 Å². The summed E-state index contributed by atoms with van der Waals surface area (Å²) in [6, 6.07) is 11.5. The number of rotatable bonds is 3. The van der Waals surface area contributed by atoms with Crippen molar-refractivity contribution in [2.24, 2.45) is 0 Å². The number of fused-ring (bicyclic) bond motifs is 1. The van der Waals surface area contributed by atoms with E-state index in [0.29, 0.717) is 20.7 Å². The van der Waals surface area contributed by atoms with Crippen LogP contribution < -0.4 is 0 Å². The molecule has 0 saturated carbocycles. The topological polar surface area (TPSA) is 33.1 Å². The van der Waals surface area contributed by atoms with Crippen LogP contribution in [0.25, 0.3) is 10.9 Å². The first kappa shape index (κ1) is 13.8. The number of pyridine rings is 1. The molecule has 3 aromatic rings. The zero-order valence-corrected chi connectivity index (χ0v) is 12.7. The van der Waals surface area contributed by atoms with E-state index < -0.39 is 6.10 Å². The minimum absolute atomic E-state index is 0.482. The average Bonchev–Trinajstić information content (AvgIpc) is 2.78. The number of para-hydroxylation sites is 1. The van der Waals surface area contributed by atoms with Crippen LogP contribution in [0.15, 0.2) is 42.6 Å². The molecule has 2 nitrogen and oxygen atoms in total. The highest BCUT2D eigenvalue weighted by atomic mass is 35.5. The standard InChI is InChI=1S/C15H11Cl2NOS/c16-14-8-11(15(17)20-14)13(19)7-9-5-6-18-12-4-2-1-3-10(9)12/h1-6,8,13,19H,7H2. The molecule has 5 heteroatoms. The van der Waals surface area contributed by atoms with Crippen LogP contribution in [0.2, 0.25) is 8.67 Å². The van der Waals surface area contributed by atoms with Crippen molar-refractivity contribution in [1.82, 2.24) is 4.98 Å². The van der Waals surface area contributed by atoms with Gasteiger partial charge in [0.2, 0.25) is 0 Å². The number of aromatic nitrogens is 1. The van der Waals surface area contributed by atoms with Gasteiger partial charge in [-0.15, -0.1) is 11.3 Å². The second-order valence-corrected chi connectivity index (χ2v) is 6.77. The third-order valence-electron chi connectivity index (χ3n) is 3.19. The van der Waals surface area contributed by atoms with Gasteiger partial charge in [-0.05, 0) is 23.8 Å². The largest absolute Gasteiger partial charge is 0.388 e. The predicted octanol–water partition coefficient (Wildman–Crippen LogP) is 4.88. The fourth-order valence-corrected chi connectivity index (χ4v) is 3.80. The molecule has 0 radical (unpaired) electrons. The van der Waals surface area contributed by atoms with Gasteiger partial charge in [0.25, 0.3) is 0 Å². The predicted molar refractivity (Wildman–Crippen MR) is 84.7 cm³/mol. The van der Waals surface area contributed by atoms with E-state index >= 15 is 0 Å². The molecule has 20 heavy (non-hydrogen) atoms. The number of aliphatic hydroxyl groups excluding tert-OH is 1. The number of hydrogen-bond donors (Lipinski definition) is 1. The Morgan fingerprint density at radius 2 is 2.00 bits per heavy atom. The van der Waals surface area contributed by atoms with Crippen molar-refractivity contribution in [3.05, 3.63) is 62.4 Å². The first-order chi connectivity index (χ1) is 9.65. The maximum Gasteiger partial charge on any atom is 0.100 e. The molecule has 102 valence electrons. The Morgan fingerprint density at radius 1 is 1.20 bits per heavy atom. The summed E-state index contributed by atoms with van der Waals surface area (Å²) in [5.41, 5.74) is 2.65. The molecule has 0 amide bonds. The first-order valence-corrected chi connectivity index (χ1v) is 7.68. The van der Waals surface area contributed by atoms with E-state index in [1.54, 1.807) is 12.3 Å². The molecular formula is C15H11Cl2NOS. The molecule has 0 fully saturated rings. The van der Waals surface area contributed by atoms with E-state index in [0.717, 1.165) is 16.5 Å². The average molecular weight is 324 g/mol. The van der Waals surface area contributed by atoms with Crippen LogP contribution in [0.1, 0.15) is 17.2 Å². The lowest BCUT2D eigenvalue weighted by Crippen LogP contribution is -2.02. The Kier molecular flexibility index (Phi) is 3.94. The number of nitrogens with zero attached hydrogens (tertiary/aromatic N) is 1. The molecule has 0 aliphatic carbocycles. The van der Waals surface area contributed by atoms with Crippen LogP contribution in [-0.2, 0) is 6.42 Å². The van der Waals surface area contributed by atoms with E-state index in [2.05, 4.69) is 4.98 Å². The summed E-state index contributed by atoms with van der Waals surface area (Å²) in [4.78, 5) is 4.32. The van der Waals surface area contributed by atoms with Crippen molar-refractivity contribution >= 4 is 45.4 Å². The molecule has 2 aromatic heterocycles. The molecule has 0 saturated heterocycles. The molecule has 0 spiro atoms. The molecule has 0 aliphatic rings. The van der Waals surface area contributed by atoms with Gasteiger partial charge in [0.05, 0.1) is 16.0 Å². The van der Waals surface area contributed by atoms with E-state index in [-0.39, 0.29) is 0 Å². The minimum atomic E-state index is -0.669. The summed E-state index contributed by atoms with van der Waals surface area (Å²) in [7, 11) is 0. The molecule has 1 N–H and O–H groups in total. The number of halogens is 2. The Labute approximate surface area is 130 Å². The van der Waals surface area contributed by atoms with Gasteiger partial charge in [-0.3, -0.25) is 4.98 Å². The minimum Gasteiger partial charge on any atom is -0.388 e. The Hall–Kier alpha value is -1.13. The van der Waals surface area contributed by atoms with E-state index in [1.807, 2.05) is 30.3 Å². The fourth-order valence-electron chi connectivity index (χ4n) is 2.23. The Balaban J connectivity index is 1.95. The van der Waals surface area contributed by atoms with Gasteiger partial charge in [0.15, 0.2) is 0 Å². The highest BCUT2D eigenvalue weighted by Gasteiger charge is 2.16. The van der Waals surface area contributed by atoms with Gasteiger partial charge >= 0.3 is 0 Å². The number of benzene rings is 1. The van der Waals surface area contributed by atoms with E-state index in [9.17, 15) is 5.11 Å². The van der Waals surface area contributed by atoms with Gasteiger partial charge in [-0.1, -0.05) is 41.4 Å². The summed E-state index contributed by atoms with van der Waals surface area (Å²) in [6.45, 7) is 0. The summed E-state index contributed by atoms with van der Waals surface area (Å²) in [5.74, 6) is 0. The van der Waals surface area contributed by atoms with Gasteiger partial charge in [0, 0.05) is 23.6 Å². The van der Waals surface area contributed by atoms with Crippen LogP contribution in [0, 0.1) is 0 Å². The molecule has 1 aromatic carbocycles. The highest BCUT2D eigenvalue weighted by molar-refractivity contribution is 7.20. The second kappa shape index (κ2) is 5.70.